The molecule has 1 fully saturated rings. The molecule has 4 heteroatoms. The third-order valence-electron chi connectivity index (χ3n) is 3.62. The van der Waals surface area contributed by atoms with Gasteiger partial charge in [-0.15, -0.1) is 0 Å². The van der Waals surface area contributed by atoms with Gasteiger partial charge < -0.3 is 10.2 Å². The highest BCUT2D eigenvalue weighted by Gasteiger charge is 2.22. The van der Waals surface area contributed by atoms with E-state index in [-0.39, 0.29) is 5.82 Å². The van der Waals surface area contributed by atoms with Crippen molar-refractivity contribution in [2.24, 2.45) is 5.92 Å². The Hall–Kier alpha value is -0.800. The first-order valence-electron chi connectivity index (χ1n) is 6.46. The maximum Gasteiger partial charge on any atom is 0.126 e. The number of rotatable bonds is 3. The van der Waals surface area contributed by atoms with Gasteiger partial charge in [-0.3, -0.25) is 0 Å². The zero-order chi connectivity index (χ0) is 13.1. The average molecular weight is 271 g/mol. The van der Waals surface area contributed by atoms with Gasteiger partial charge in [0.05, 0.1) is 0 Å². The first kappa shape index (κ1) is 13.6. The van der Waals surface area contributed by atoms with Crippen molar-refractivity contribution in [2.75, 3.05) is 25.5 Å². The van der Waals surface area contributed by atoms with Gasteiger partial charge in [0.15, 0.2) is 0 Å². The average Bonchev–Trinajstić information content (AvgIpc) is 2.27. The van der Waals surface area contributed by atoms with Crippen LogP contribution in [-0.4, -0.2) is 31.1 Å². The molecular formula is C14H20ClFN2. The van der Waals surface area contributed by atoms with Crippen molar-refractivity contribution < 1.29 is 4.39 Å². The summed E-state index contributed by atoms with van der Waals surface area (Å²) in [6, 6.07) is 4.92. The highest BCUT2D eigenvalue weighted by molar-refractivity contribution is 6.30. The Morgan fingerprint density at radius 2 is 2.22 bits per heavy atom. The van der Waals surface area contributed by atoms with Crippen LogP contribution in [0, 0.1) is 11.7 Å². The van der Waals surface area contributed by atoms with E-state index in [4.69, 9.17) is 11.6 Å². The van der Waals surface area contributed by atoms with E-state index in [1.807, 2.05) is 0 Å². The third-order valence-corrected chi connectivity index (χ3v) is 3.84. The highest BCUT2D eigenvalue weighted by atomic mass is 35.5. The van der Waals surface area contributed by atoms with Crippen LogP contribution in [0.4, 0.5) is 10.1 Å². The van der Waals surface area contributed by atoms with Gasteiger partial charge in [-0.2, -0.15) is 0 Å². The van der Waals surface area contributed by atoms with Crippen LogP contribution in [-0.2, 0) is 0 Å². The molecule has 18 heavy (non-hydrogen) atoms. The molecule has 1 aliphatic heterocycles. The molecule has 0 bridgehead atoms. The fraction of sp³-hybridized carbons (Fsp3) is 0.571. The SMILES string of the molecule is CC(Nc1cc(F)cc(Cl)c1)C1CCCN(C)C1. The second-order valence-electron chi connectivity index (χ2n) is 5.26. The smallest absolute Gasteiger partial charge is 0.126 e. The molecule has 1 aliphatic rings. The summed E-state index contributed by atoms with van der Waals surface area (Å²) in [5.41, 5.74) is 0.765. The molecule has 0 radical (unpaired) electrons. The summed E-state index contributed by atoms with van der Waals surface area (Å²) >= 11 is 5.85. The number of hydrogen-bond donors (Lipinski definition) is 1. The number of anilines is 1. The lowest BCUT2D eigenvalue weighted by Crippen LogP contribution is -2.39. The van der Waals surface area contributed by atoms with E-state index in [9.17, 15) is 4.39 Å². The minimum Gasteiger partial charge on any atom is -0.382 e. The van der Waals surface area contributed by atoms with Gasteiger partial charge in [0.25, 0.3) is 0 Å². The van der Waals surface area contributed by atoms with Gasteiger partial charge in [0.2, 0.25) is 0 Å². The Labute approximate surface area is 113 Å². The van der Waals surface area contributed by atoms with Crippen molar-refractivity contribution >= 4 is 17.3 Å². The predicted molar refractivity (Wildman–Crippen MR) is 74.7 cm³/mol. The summed E-state index contributed by atoms with van der Waals surface area (Å²) in [6.45, 7) is 4.43. The van der Waals surface area contributed by atoms with Crippen LogP contribution in [0.3, 0.4) is 0 Å². The molecule has 2 nitrogen and oxygen atoms in total. The van der Waals surface area contributed by atoms with E-state index in [2.05, 4.69) is 24.2 Å². The molecule has 1 heterocycles. The van der Waals surface area contributed by atoms with Crippen molar-refractivity contribution in [1.29, 1.82) is 0 Å². The van der Waals surface area contributed by atoms with Crippen LogP contribution in [0.15, 0.2) is 18.2 Å². The van der Waals surface area contributed by atoms with Crippen LogP contribution in [0.25, 0.3) is 0 Å². The molecule has 2 unspecified atom stereocenters. The van der Waals surface area contributed by atoms with Crippen molar-refractivity contribution in [1.82, 2.24) is 4.90 Å². The largest absolute Gasteiger partial charge is 0.382 e. The minimum absolute atomic E-state index is 0.294. The Balaban J connectivity index is 1.99. The molecule has 2 atom stereocenters. The molecule has 1 aromatic rings. The molecule has 0 spiro atoms. The van der Waals surface area contributed by atoms with Gasteiger partial charge in [-0.1, -0.05) is 11.6 Å². The van der Waals surface area contributed by atoms with E-state index in [0.29, 0.717) is 17.0 Å². The highest BCUT2D eigenvalue weighted by Crippen LogP contribution is 2.24. The molecule has 0 aromatic heterocycles. The van der Waals surface area contributed by atoms with Gasteiger partial charge in [-0.25, -0.2) is 4.39 Å². The van der Waals surface area contributed by atoms with E-state index >= 15 is 0 Å². The van der Waals surface area contributed by atoms with Crippen molar-refractivity contribution in [2.45, 2.75) is 25.8 Å². The molecule has 0 saturated carbocycles. The second kappa shape index (κ2) is 5.89. The molecule has 0 aliphatic carbocycles. The molecule has 1 N–H and O–H groups in total. The molecule has 2 rings (SSSR count). The van der Waals surface area contributed by atoms with Crippen LogP contribution < -0.4 is 5.32 Å². The van der Waals surface area contributed by atoms with E-state index < -0.39 is 0 Å². The third kappa shape index (κ3) is 3.59. The van der Waals surface area contributed by atoms with Crippen LogP contribution in [0.2, 0.25) is 5.02 Å². The standard InChI is InChI=1S/C14H20ClFN2/c1-10(11-4-3-5-18(2)9-11)17-14-7-12(15)6-13(16)8-14/h6-8,10-11,17H,3-5,9H2,1-2H3. The lowest BCUT2D eigenvalue weighted by atomic mass is 9.92. The van der Waals surface area contributed by atoms with E-state index in [1.54, 1.807) is 6.07 Å². The lowest BCUT2D eigenvalue weighted by Gasteiger charge is -2.34. The number of piperidine rings is 1. The molecule has 100 valence electrons. The normalized spacial score (nSPS) is 22.8. The number of nitrogens with one attached hydrogen (secondary N) is 1. The zero-order valence-corrected chi connectivity index (χ0v) is 11.7. The van der Waals surface area contributed by atoms with Crippen molar-refractivity contribution in [3.05, 3.63) is 29.0 Å². The van der Waals surface area contributed by atoms with Gasteiger partial charge >= 0.3 is 0 Å². The van der Waals surface area contributed by atoms with Gasteiger partial charge in [-0.05, 0) is 57.5 Å². The van der Waals surface area contributed by atoms with Crippen LogP contribution in [0.1, 0.15) is 19.8 Å². The maximum atomic E-state index is 13.3. The summed E-state index contributed by atoms with van der Waals surface area (Å²) < 4.78 is 13.3. The van der Waals surface area contributed by atoms with Gasteiger partial charge in [0, 0.05) is 23.3 Å². The molecule has 1 aromatic carbocycles. The number of nitrogens with zero attached hydrogens (tertiary/aromatic N) is 1. The first-order chi connectivity index (χ1) is 8.54. The zero-order valence-electron chi connectivity index (χ0n) is 10.9. The number of benzene rings is 1. The number of hydrogen-bond acceptors (Lipinski definition) is 2. The Morgan fingerprint density at radius 1 is 1.44 bits per heavy atom. The summed E-state index contributed by atoms with van der Waals surface area (Å²) in [7, 11) is 2.15. The summed E-state index contributed by atoms with van der Waals surface area (Å²) in [4.78, 5) is 2.35. The molecular weight excluding hydrogens is 251 g/mol. The monoisotopic (exact) mass is 270 g/mol. The fourth-order valence-electron chi connectivity index (χ4n) is 2.63. The number of likely N-dealkylation sites (tertiary alicyclic amines) is 1. The Morgan fingerprint density at radius 3 is 2.89 bits per heavy atom. The lowest BCUT2D eigenvalue weighted by molar-refractivity contribution is 0.197. The van der Waals surface area contributed by atoms with Crippen LogP contribution >= 0.6 is 11.6 Å². The molecule has 0 amide bonds. The van der Waals surface area contributed by atoms with Crippen molar-refractivity contribution in [3.63, 3.8) is 0 Å². The van der Waals surface area contributed by atoms with Crippen molar-refractivity contribution in [3.8, 4) is 0 Å². The van der Waals surface area contributed by atoms with E-state index in [0.717, 1.165) is 12.2 Å². The van der Waals surface area contributed by atoms with Gasteiger partial charge in [0.1, 0.15) is 5.82 Å². The number of halogens is 2. The predicted octanol–water partition coefficient (Wildman–Crippen LogP) is 3.62. The van der Waals surface area contributed by atoms with Crippen LogP contribution in [0.5, 0.6) is 0 Å². The minimum atomic E-state index is -0.294. The summed E-state index contributed by atoms with van der Waals surface area (Å²) in [5, 5.41) is 3.80. The maximum absolute atomic E-state index is 13.3. The van der Waals surface area contributed by atoms with E-state index in [1.165, 1.54) is 31.5 Å². The first-order valence-corrected chi connectivity index (χ1v) is 6.83. The second-order valence-corrected chi connectivity index (χ2v) is 5.69. The summed E-state index contributed by atoms with van der Waals surface area (Å²) in [5.74, 6) is 0.309. The quantitative estimate of drug-likeness (QED) is 0.902. The Kier molecular flexibility index (Phi) is 4.46. The fourth-order valence-corrected chi connectivity index (χ4v) is 2.85. The molecule has 1 saturated heterocycles. The Bertz CT molecular complexity index is 391. The topological polar surface area (TPSA) is 15.3 Å². The summed E-state index contributed by atoms with van der Waals surface area (Å²) in [6.07, 6.45) is 2.46.